The Hall–Kier alpha value is -2.87. The fourth-order valence-corrected chi connectivity index (χ4v) is 8.42. The van der Waals surface area contributed by atoms with Gasteiger partial charge in [0.25, 0.3) is 0 Å². The molecule has 4 rings (SSSR count). The van der Waals surface area contributed by atoms with E-state index < -0.39 is 12.9 Å². The van der Waals surface area contributed by atoms with E-state index in [0.29, 0.717) is 4.88 Å². The van der Waals surface area contributed by atoms with Crippen LogP contribution < -0.4 is 15.9 Å². The molecule has 2 nitrogen and oxygen atoms in total. The van der Waals surface area contributed by atoms with Crippen molar-refractivity contribution in [3.8, 4) is 0 Å². The average molecular weight is 402 g/mol. The van der Waals surface area contributed by atoms with Crippen LogP contribution in [0.1, 0.15) is 14.5 Å². The lowest BCUT2D eigenvalue weighted by atomic mass is 10.4. The summed E-state index contributed by atoms with van der Waals surface area (Å²) in [7, 11) is 0. The van der Waals surface area contributed by atoms with Crippen molar-refractivity contribution in [1.82, 2.24) is 0 Å². The molecule has 4 heteroatoms. The van der Waals surface area contributed by atoms with E-state index in [9.17, 15) is 9.90 Å². The topological polar surface area (TPSA) is 37.3 Å². The molecule has 0 radical (unpaired) electrons. The van der Waals surface area contributed by atoms with Gasteiger partial charge >= 0.3 is 5.97 Å². The summed E-state index contributed by atoms with van der Waals surface area (Å²) in [4.78, 5) is 12.7. The first-order valence-corrected chi connectivity index (χ1v) is 11.6. The van der Waals surface area contributed by atoms with Gasteiger partial charge in [0, 0.05) is 4.88 Å². The largest absolute Gasteiger partial charge is 0.477 e. The molecule has 0 saturated carbocycles. The molecule has 0 atom stereocenters. The third kappa shape index (κ3) is 3.47. The van der Waals surface area contributed by atoms with E-state index in [2.05, 4.69) is 78.6 Å². The molecule has 0 amide bonds. The van der Waals surface area contributed by atoms with Gasteiger partial charge in [-0.1, -0.05) is 91.0 Å². The van der Waals surface area contributed by atoms with Crippen LogP contribution >= 0.6 is 18.2 Å². The Kier molecular flexibility index (Phi) is 5.29. The van der Waals surface area contributed by atoms with Gasteiger partial charge in [0.2, 0.25) is 0 Å². The summed E-state index contributed by atoms with van der Waals surface area (Å²) in [5.41, 5.74) is 0. The first-order valence-electron chi connectivity index (χ1n) is 8.95. The molecule has 0 spiro atoms. The van der Waals surface area contributed by atoms with E-state index in [1.807, 2.05) is 24.3 Å². The highest BCUT2D eigenvalue weighted by Crippen LogP contribution is 2.44. The molecule has 0 unspecified atom stereocenters. The molecule has 1 aromatic heterocycles. The lowest BCUT2D eigenvalue weighted by Crippen LogP contribution is -2.27. The zero-order valence-electron chi connectivity index (χ0n) is 15.1. The van der Waals surface area contributed by atoms with Crippen molar-refractivity contribution in [3.63, 3.8) is 0 Å². The predicted molar refractivity (Wildman–Crippen MR) is 122 cm³/mol. The zero-order valence-corrected chi connectivity index (χ0v) is 16.8. The maximum atomic E-state index is 11.4. The highest BCUT2D eigenvalue weighted by molar-refractivity contribution is 7.94. The molecule has 0 aliphatic heterocycles. The number of hydrogen-bond acceptors (Lipinski definition) is 2. The Balaban J connectivity index is 2.09. The monoisotopic (exact) mass is 402 g/mol. The van der Waals surface area contributed by atoms with Crippen molar-refractivity contribution in [2.75, 3.05) is 0 Å². The Morgan fingerprint density at radius 3 is 1.46 bits per heavy atom. The van der Waals surface area contributed by atoms with Gasteiger partial charge < -0.3 is 5.11 Å². The van der Waals surface area contributed by atoms with Crippen LogP contribution in [-0.4, -0.2) is 16.9 Å². The average Bonchev–Trinajstić information content (AvgIpc) is 3.23. The van der Waals surface area contributed by atoms with Crippen LogP contribution in [-0.2, 0) is 0 Å². The van der Waals surface area contributed by atoms with Gasteiger partial charge in [-0.25, -0.2) is 4.79 Å². The summed E-state index contributed by atoms with van der Waals surface area (Å²) in [5.74, 6) is 1.41. The van der Waals surface area contributed by atoms with Crippen molar-refractivity contribution in [2.24, 2.45) is 0 Å². The highest BCUT2D eigenvalue weighted by atomic mass is 32.1. The maximum absolute atomic E-state index is 11.4. The van der Waals surface area contributed by atoms with E-state index in [-0.39, 0.29) is 0 Å². The standard InChI is InChI=1S/C24H19O2PS/c25-24(26)23-17-16-22(28-23)18-27(19-10-4-1-5-11-19,20-12-6-2-7-13-20)21-14-8-3-9-15-21/h1-18H,(H,25,26). The summed E-state index contributed by atoms with van der Waals surface area (Å²) in [6.07, 6.45) is 0. The minimum Gasteiger partial charge on any atom is -0.477 e. The van der Waals surface area contributed by atoms with Gasteiger partial charge in [-0.2, -0.15) is 0 Å². The molecule has 4 aromatic rings. The molecular formula is C24H19O2PS. The fraction of sp³-hybridized carbons (Fsp3) is 0. The summed E-state index contributed by atoms with van der Waals surface area (Å²) in [6.45, 7) is -2.10. The molecule has 138 valence electrons. The minimum atomic E-state index is -2.10. The fourth-order valence-electron chi connectivity index (χ4n) is 3.39. The lowest BCUT2D eigenvalue weighted by molar-refractivity contribution is 0.0702. The Bertz CT molecular complexity index is 1030. The summed E-state index contributed by atoms with van der Waals surface area (Å²) < 4.78 is 0. The van der Waals surface area contributed by atoms with Crippen molar-refractivity contribution < 1.29 is 9.90 Å². The third-order valence-corrected chi connectivity index (χ3v) is 9.85. The molecule has 0 aliphatic carbocycles. The second-order valence-electron chi connectivity index (χ2n) is 6.37. The number of aromatic carboxylic acids is 1. The highest BCUT2D eigenvalue weighted by Gasteiger charge is 2.25. The molecule has 0 saturated heterocycles. The second-order valence-corrected chi connectivity index (χ2v) is 10.7. The number of benzene rings is 3. The lowest BCUT2D eigenvalue weighted by Gasteiger charge is -2.28. The quantitative estimate of drug-likeness (QED) is 0.496. The van der Waals surface area contributed by atoms with Crippen LogP contribution in [0.2, 0.25) is 0 Å². The predicted octanol–water partition coefficient (Wildman–Crippen LogP) is 4.59. The van der Waals surface area contributed by atoms with Gasteiger partial charge in [-0.3, -0.25) is 0 Å². The number of rotatable bonds is 5. The van der Waals surface area contributed by atoms with E-state index in [0.717, 1.165) is 4.88 Å². The summed E-state index contributed by atoms with van der Waals surface area (Å²) >= 11 is 1.32. The van der Waals surface area contributed by atoms with Gasteiger partial charge in [-0.15, -0.1) is 11.3 Å². The molecule has 0 aliphatic rings. The second kappa shape index (κ2) is 8.02. The van der Waals surface area contributed by atoms with Crippen molar-refractivity contribution in [1.29, 1.82) is 0 Å². The van der Waals surface area contributed by atoms with Crippen LogP contribution in [0.4, 0.5) is 0 Å². The van der Waals surface area contributed by atoms with Crippen molar-refractivity contribution in [2.45, 2.75) is 0 Å². The third-order valence-electron chi connectivity index (χ3n) is 4.65. The number of thiophene rings is 1. The van der Waals surface area contributed by atoms with E-state index in [4.69, 9.17) is 0 Å². The Morgan fingerprint density at radius 2 is 1.11 bits per heavy atom. The zero-order chi connectivity index (χ0) is 19.4. The van der Waals surface area contributed by atoms with Crippen LogP contribution in [0, 0.1) is 0 Å². The Morgan fingerprint density at radius 1 is 0.679 bits per heavy atom. The number of hydrogen-bond donors (Lipinski definition) is 1. The van der Waals surface area contributed by atoms with Crippen LogP contribution in [0.15, 0.2) is 103 Å². The van der Waals surface area contributed by atoms with Crippen molar-refractivity contribution >= 4 is 45.9 Å². The van der Waals surface area contributed by atoms with E-state index in [1.165, 1.54) is 27.3 Å². The minimum absolute atomic E-state index is 0.360. The normalized spacial score (nSPS) is 11.1. The van der Waals surface area contributed by atoms with Gasteiger partial charge in [0.15, 0.2) is 0 Å². The first kappa shape index (κ1) is 18.5. The maximum Gasteiger partial charge on any atom is 0.345 e. The summed E-state index contributed by atoms with van der Waals surface area (Å²) in [6, 6.07) is 35.2. The molecule has 0 bridgehead atoms. The smallest absolute Gasteiger partial charge is 0.345 e. The number of carboxylic acids is 1. The first-order chi connectivity index (χ1) is 13.7. The molecule has 3 aromatic carbocycles. The summed E-state index contributed by atoms with van der Waals surface area (Å²) in [5, 5.41) is 13.1. The van der Waals surface area contributed by atoms with Gasteiger partial charge in [0.05, 0.1) is 0 Å². The molecular weight excluding hydrogens is 383 g/mol. The van der Waals surface area contributed by atoms with Crippen molar-refractivity contribution in [3.05, 3.63) is 113 Å². The Labute approximate surface area is 168 Å². The SMILES string of the molecule is O=C(O)c1ccc(C=P(c2ccccc2)(c2ccccc2)c2ccccc2)s1. The molecule has 1 N–H and O–H groups in total. The van der Waals surface area contributed by atoms with Crippen LogP contribution in [0.5, 0.6) is 0 Å². The van der Waals surface area contributed by atoms with Crippen LogP contribution in [0.25, 0.3) is 0 Å². The molecule has 1 heterocycles. The van der Waals surface area contributed by atoms with E-state index in [1.54, 1.807) is 6.07 Å². The number of carboxylic acid groups (broad SMARTS) is 1. The van der Waals surface area contributed by atoms with Gasteiger partial charge in [0.1, 0.15) is 4.88 Å². The van der Waals surface area contributed by atoms with Crippen LogP contribution in [0.3, 0.4) is 0 Å². The molecule has 28 heavy (non-hydrogen) atoms. The van der Waals surface area contributed by atoms with Gasteiger partial charge in [-0.05, 0) is 40.7 Å². The van der Waals surface area contributed by atoms with E-state index >= 15 is 0 Å². The number of carbonyl (C=O) groups is 1. The molecule has 0 fully saturated rings.